The third-order valence-electron chi connectivity index (χ3n) is 4.26. The molecule has 2 rings (SSSR count). The molecule has 0 unspecified atom stereocenters. The number of guanidine groups is 1. The van der Waals surface area contributed by atoms with E-state index in [-0.39, 0.29) is 5.91 Å². The first kappa shape index (κ1) is 21.3. The first-order valence-electron chi connectivity index (χ1n) is 9.52. The van der Waals surface area contributed by atoms with E-state index >= 15 is 0 Å². The van der Waals surface area contributed by atoms with Crippen molar-refractivity contribution in [2.45, 2.75) is 39.8 Å². The van der Waals surface area contributed by atoms with Gasteiger partial charge in [0.1, 0.15) is 5.75 Å². The van der Waals surface area contributed by atoms with E-state index < -0.39 is 0 Å². The summed E-state index contributed by atoms with van der Waals surface area (Å²) >= 11 is 0. The van der Waals surface area contributed by atoms with Gasteiger partial charge in [0, 0.05) is 37.8 Å². The zero-order valence-electron chi connectivity index (χ0n) is 17.1. The Labute approximate surface area is 167 Å². The fourth-order valence-corrected chi connectivity index (χ4v) is 2.79. The zero-order chi connectivity index (χ0) is 20.4. The van der Waals surface area contributed by atoms with Gasteiger partial charge in [-0.15, -0.1) is 0 Å². The van der Waals surface area contributed by atoms with Crippen molar-refractivity contribution in [1.29, 1.82) is 0 Å². The third-order valence-corrected chi connectivity index (χ3v) is 4.26. The largest absolute Gasteiger partial charge is 0.496 e. The number of hydrogen-bond donors (Lipinski definition) is 3. The monoisotopic (exact) mass is 382 g/mol. The van der Waals surface area contributed by atoms with E-state index in [1.54, 1.807) is 14.2 Å². The van der Waals surface area contributed by atoms with Crippen molar-refractivity contribution in [2.24, 2.45) is 4.99 Å². The highest BCUT2D eigenvalue weighted by atomic mass is 16.5. The molecule has 0 bridgehead atoms. The van der Waals surface area contributed by atoms with Gasteiger partial charge in [-0.2, -0.15) is 0 Å². The molecule has 0 fully saturated rings. The Bertz CT molecular complexity index is 818. The van der Waals surface area contributed by atoms with E-state index in [2.05, 4.69) is 33.1 Å². The number of hydrogen-bond acceptors (Lipinski definition) is 3. The lowest BCUT2D eigenvalue weighted by Gasteiger charge is -2.14. The second-order valence-corrected chi connectivity index (χ2v) is 6.59. The molecular weight excluding hydrogens is 352 g/mol. The molecule has 3 N–H and O–H groups in total. The number of aliphatic imine (C=N–C) groups is 1. The molecule has 1 amide bonds. The van der Waals surface area contributed by atoms with E-state index in [4.69, 9.17) is 4.74 Å². The molecule has 0 heterocycles. The van der Waals surface area contributed by atoms with Gasteiger partial charge in [0.15, 0.2) is 5.96 Å². The number of carbonyl (C=O) groups is 1. The number of aryl methyl sites for hydroxylation is 1. The standard InChI is InChI=1S/C22H30N4O2/c1-5-7-21(27)26-19-9-6-8-17(13-19)14-24-22(23-3)25-15-18-11-10-16(2)12-20(18)28-4/h6,8-13H,5,7,14-15H2,1-4H3,(H,26,27)(H2,23,24,25). The average molecular weight is 383 g/mol. The number of anilines is 1. The van der Waals surface area contributed by atoms with Crippen molar-refractivity contribution >= 4 is 17.6 Å². The van der Waals surface area contributed by atoms with Crippen LogP contribution in [0.2, 0.25) is 0 Å². The third kappa shape index (κ3) is 6.61. The van der Waals surface area contributed by atoms with Crippen molar-refractivity contribution in [3.63, 3.8) is 0 Å². The topological polar surface area (TPSA) is 74.8 Å². The first-order valence-corrected chi connectivity index (χ1v) is 9.52. The minimum Gasteiger partial charge on any atom is -0.496 e. The minimum absolute atomic E-state index is 0.0390. The van der Waals surface area contributed by atoms with Crippen molar-refractivity contribution in [3.05, 3.63) is 59.2 Å². The maximum atomic E-state index is 11.8. The van der Waals surface area contributed by atoms with Gasteiger partial charge in [0.2, 0.25) is 5.91 Å². The van der Waals surface area contributed by atoms with Gasteiger partial charge in [-0.05, 0) is 42.7 Å². The molecule has 0 aliphatic carbocycles. The molecule has 0 radical (unpaired) electrons. The highest BCUT2D eigenvalue weighted by Gasteiger charge is 2.06. The van der Waals surface area contributed by atoms with E-state index in [0.29, 0.717) is 25.5 Å². The Hall–Kier alpha value is -3.02. The Morgan fingerprint density at radius 3 is 2.61 bits per heavy atom. The number of rotatable bonds is 8. The lowest BCUT2D eigenvalue weighted by atomic mass is 10.1. The van der Waals surface area contributed by atoms with E-state index in [0.717, 1.165) is 34.5 Å². The molecule has 28 heavy (non-hydrogen) atoms. The summed E-state index contributed by atoms with van der Waals surface area (Å²) in [7, 11) is 3.42. The Morgan fingerprint density at radius 2 is 1.89 bits per heavy atom. The fourth-order valence-electron chi connectivity index (χ4n) is 2.79. The van der Waals surface area contributed by atoms with Crippen LogP contribution in [0.1, 0.15) is 36.5 Å². The lowest BCUT2D eigenvalue weighted by Crippen LogP contribution is -2.36. The average Bonchev–Trinajstić information content (AvgIpc) is 2.69. The van der Waals surface area contributed by atoms with Crippen molar-refractivity contribution in [2.75, 3.05) is 19.5 Å². The molecule has 6 heteroatoms. The highest BCUT2D eigenvalue weighted by molar-refractivity contribution is 5.90. The predicted molar refractivity (Wildman–Crippen MR) is 115 cm³/mol. The van der Waals surface area contributed by atoms with Crippen LogP contribution < -0.4 is 20.7 Å². The van der Waals surface area contributed by atoms with Gasteiger partial charge in [0.25, 0.3) is 0 Å². The maximum Gasteiger partial charge on any atom is 0.224 e. The van der Waals surface area contributed by atoms with Gasteiger partial charge >= 0.3 is 0 Å². The summed E-state index contributed by atoms with van der Waals surface area (Å²) in [5, 5.41) is 9.52. The van der Waals surface area contributed by atoms with Crippen LogP contribution in [0.25, 0.3) is 0 Å². The summed E-state index contributed by atoms with van der Waals surface area (Å²) in [6.07, 6.45) is 1.36. The van der Waals surface area contributed by atoms with Crippen molar-refractivity contribution < 1.29 is 9.53 Å². The number of amides is 1. The number of benzene rings is 2. The van der Waals surface area contributed by atoms with Gasteiger partial charge in [0.05, 0.1) is 7.11 Å². The first-order chi connectivity index (χ1) is 13.5. The van der Waals surface area contributed by atoms with E-state index in [1.165, 1.54) is 0 Å². The number of nitrogens with one attached hydrogen (secondary N) is 3. The van der Waals surface area contributed by atoms with Crippen LogP contribution >= 0.6 is 0 Å². The summed E-state index contributed by atoms with van der Waals surface area (Å²) < 4.78 is 5.45. The summed E-state index contributed by atoms with van der Waals surface area (Å²) in [6, 6.07) is 14.0. The van der Waals surface area contributed by atoms with Crippen LogP contribution in [-0.4, -0.2) is 26.0 Å². The van der Waals surface area contributed by atoms with Crippen LogP contribution in [0.15, 0.2) is 47.5 Å². The molecular formula is C22H30N4O2. The maximum absolute atomic E-state index is 11.8. The van der Waals surface area contributed by atoms with Gasteiger partial charge in [-0.25, -0.2) is 0 Å². The van der Waals surface area contributed by atoms with Crippen molar-refractivity contribution in [1.82, 2.24) is 10.6 Å². The molecule has 2 aromatic carbocycles. The normalized spacial score (nSPS) is 11.1. The molecule has 150 valence electrons. The number of ether oxygens (including phenoxy) is 1. The van der Waals surface area contributed by atoms with Crippen LogP contribution in [0.4, 0.5) is 5.69 Å². The highest BCUT2D eigenvalue weighted by Crippen LogP contribution is 2.19. The lowest BCUT2D eigenvalue weighted by molar-refractivity contribution is -0.116. The van der Waals surface area contributed by atoms with E-state index in [1.807, 2.05) is 44.2 Å². The molecule has 0 aromatic heterocycles. The number of methoxy groups -OCH3 is 1. The zero-order valence-corrected chi connectivity index (χ0v) is 17.1. The summed E-state index contributed by atoms with van der Waals surface area (Å²) in [5.41, 5.74) is 4.10. The smallest absolute Gasteiger partial charge is 0.224 e. The minimum atomic E-state index is 0.0390. The Balaban J connectivity index is 1.91. The fraction of sp³-hybridized carbons (Fsp3) is 0.364. The van der Waals surface area contributed by atoms with Gasteiger partial charge in [-0.3, -0.25) is 9.79 Å². The molecule has 6 nitrogen and oxygen atoms in total. The molecule has 2 aromatic rings. The van der Waals surface area contributed by atoms with Crippen LogP contribution in [0.3, 0.4) is 0 Å². The molecule has 0 aliphatic heterocycles. The predicted octanol–water partition coefficient (Wildman–Crippen LogP) is 3.61. The van der Waals surface area contributed by atoms with E-state index in [9.17, 15) is 4.79 Å². The SMILES string of the molecule is CCCC(=O)Nc1cccc(CNC(=NC)NCc2ccc(C)cc2OC)c1. The van der Waals surface area contributed by atoms with Crippen LogP contribution in [0, 0.1) is 6.92 Å². The summed E-state index contributed by atoms with van der Waals surface area (Å²) in [4.78, 5) is 16.0. The molecule has 0 aliphatic rings. The molecule has 0 saturated heterocycles. The van der Waals surface area contributed by atoms with Gasteiger partial charge in [-0.1, -0.05) is 31.2 Å². The van der Waals surface area contributed by atoms with Crippen molar-refractivity contribution in [3.8, 4) is 5.75 Å². The second-order valence-electron chi connectivity index (χ2n) is 6.59. The number of carbonyl (C=O) groups excluding carboxylic acids is 1. The van der Waals surface area contributed by atoms with Gasteiger partial charge < -0.3 is 20.7 Å². The molecule has 0 spiro atoms. The molecule has 0 atom stereocenters. The van der Waals surface area contributed by atoms with Crippen LogP contribution in [-0.2, 0) is 17.9 Å². The Morgan fingerprint density at radius 1 is 1.11 bits per heavy atom. The summed E-state index contributed by atoms with van der Waals surface area (Å²) in [5.74, 6) is 1.60. The summed E-state index contributed by atoms with van der Waals surface area (Å²) in [6.45, 7) is 5.24. The Kier molecular flexibility index (Phi) is 8.34. The molecule has 0 saturated carbocycles. The second kappa shape index (κ2) is 11.0. The van der Waals surface area contributed by atoms with Crippen LogP contribution in [0.5, 0.6) is 5.75 Å². The quantitative estimate of drug-likeness (QED) is 0.482. The number of nitrogens with zero attached hydrogens (tertiary/aromatic N) is 1.